The van der Waals surface area contributed by atoms with Crippen molar-refractivity contribution in [3.63, 3.8) is 0 Å². The number of para-hydroxylation sites is 1. The van der Waals surface area contributed by atoms with Crippen LogP contribution in [0.15, 0.2) is 59.9 Å². The van der Waals surface area contributed by atoms with Gasteiger partial charge in [0.15, 0.2) is 9.84 Å². The summed E-state index contributed by atoms with van der Waals surface area (Å²) in [4.78, 5) is 8.16. The third-order valence-electron chi connectivity index (χ3n) is 3.23. The van der Waals surface area contributed by atoms with Crippen molar-refractivity contribution >= 4 is 26.4 Å². The largest absolute Gasteiger partial charge is 0.396 e. The third kappa shape index (κ3) is 2.57. The molecule has 0 bridgehead atoms. The molecule has 0 unspecified atom stereocenters. The van der Waals surface area contributed by atoms with Gasteiger partial charge in [-0.1, -0.05) is 18.2 Å². The molecule has 0 saturated carbocycles. The summed E-state index contributed by atoms with van der Waals surface area (Å²) < 4.78 is 25.1. The molecule has 0 fully saturated rings. The highest BCUT2D eigenvalue weighted by atomic mass is 32.2. The first-order valence-corrected chi connectivity index (χ1v) is 7.98. The average Bonchev–Trinajstić information content (AvgIpc) is 2.47. The Bertz CT molecular complexity index is 902. The second-order valence-electron chi connectivity index (χ2n) is 4.66. The van der Waals surface area contributed by atoms with Crippen LogP contribution in [-0.2, 0) is 15.6 Å². The number of nitrogens with two attached hydrogens (primary N) is 1. The standard InChI is InChI=1S/C15H13N3O2S/c16-13-9-17-7-6-15(13)21(19,20)10-11-5-8-18-14-4-2-1-3-12(11)14/h1-9H,10,16H2. The van der Waals surface area contributed by atoms with Crippen LogP contribution in [0, 0.1) is 0 Å². The molecule has 5 nitrogen and oxygen atoms in total. The van der Waals surface area contributed by atoms with Crippen molar-refractivity contribution in [1.29, 1.82) is 0 Å². The molecule has 0 aliphatic rings. The number of sulfone groups is 1. The highest BCUT2D eigenvalue weighted by Crippen LogP contribution is 2.24. The Balaban J connectivity index is 2.08. The quantitative estimate of drug-likeness (QED) is 0.801. The zero-order valence-corrected chi connectivity index (χ0v) is 11.9. The number of anilines is 1. The maximum absolute atomic E-state index is 12.5. The van der Waals surface area contributed by atoms with Crippen molar-refractivity contribution in [2.45, 2.75) is 10.6 Å². The maximum Gasteiger partial charge on any atom is 0.184 e. The van der Waals surface area contributed by atoms with Gasteiger partial charge < -0.3 is 5.73 Å². The topological polar surface area (TPSA) is 85.9 Å². The van der Waals surface area contributed by atoms with Crippen molar-refractivity contribution in [3.05, 3.63) is 60.6 Å². The van der Waals surface area contributed by atoms with E-state index in [9.17, 15) is 8.42 Å². The van der Waals surface area contributed by atoms with E-state index in [1.54, 1.807) is 12.3 Å². The summed E-state index contributed by atoms with van der Waals surface area (Å²) >= 11 is 0. The van der Waals surface area contributed by atoms with Crippen LogP contribution in [0.5, 0.6) is 0 Å². The Kier molecular flexibility index (Phi) is 3.31. The fourth-order valence-electron chi connectivity index (χ4n) is 2.24. The molecule has 2 heterocycles. The number of hydrogen-bond donors (Lipinski definition) is 1. The summed E-state index contributed by atoms with van der Waals surface area (Å²) in [5.41, 5.74) is 7.36. The summed E-state index contributed by atoms with van der Waals surface area (Å²) in [7, 11) is -3.53. The van der Waals surface area contributed by atoms with E-state index in [2.05, 4.69) is 9.97 Å². The second kappa shape index (κ2) is 5.14. The number of fused-ring (bicyclic) bond motifs is 1. The third-order valence-corrected chi connectivity index (χ3v) is 4.96. The van der Waals surface area contributed by atoms with Crippen molar-refractivity contribution < 1.29 is 8.42 Å². The molecule has 2 aromatic heterocycles. The summed E-state index contributed by atoms with van der Waals surface area (Å²) in [6, 6.07) is 10.6. The Morgan fingerprint density at radius 2 is 1.86 bits per heavy atom. The van der Waals surface area contributed by atoms with E-state index in [1.165, 1.54) is 18.5 Å². The predicted octanol–water partition coefficient (Wildman–Crippen LogP) is 2.19. The van der Waals surface area contributed by atoms with Gasteiger partial charge in [-0.05, 0) is 23.8 Å². The number of nitrogens with zero attached hydrogens (tertiary/aromatic N) is 2. The van der Waals surface area contributed by atoms with Gasteiger partial charge in [0.25, 0.3) is 0 Å². The van der Waals surface area contributed by atoms with Crippen LogP contribution in [-0.4, -0.2) is 18.4 Å². The molecule has 0 aliphatic heterocycles. The van der Waals surface area contributed by atoms with Crippen LogP contribution in [0.4, 0.5) is 5.69 Å². The summed E-state index contributed by atoms with van der Waals surface area (Å²) in [5, 5.41) is 0.830. The lowest BCUT2D eigenvalue weighted by molar-refractivity contribution is 0.595. The van der Waals surface area contributed by atoms with E-state index in [0.717, 1.165) is 10.9 Å². The molecule has 0 saturated heterocycles. The lowest BCUT2D eigenvalue weighted by atomic mass is 10.1. The van der Waals surface area contributed by atoms with E-state index >= 15 is 0 Å². The first-order valence-electron chi connectivity index (χ1n) is 6.33. The van der Waals surface area contributed by atoms with Crippen LogP contribution in [0.2, 0.25) is 0 Å². The molecular weight excluding hydrogens is 286 g/mol. The van der Waals surface area contributed by atoms with Gasteiger partial charge in [0.2, 0.25) is 0 Å². The number of hydrogen-bond acceptors (Lipinski definition) is 5. The van der Waals surface area contributed by atoms with Gasteiger partial charge in [-0.25, -0.2) is 8.42 Å². The number of benzene rings is 1. The minimum atomic E-state index is -3.53. The summed E-state index contributed by atoms with van der Waals surface area (Å²) in [6.07, 6.45) is 4.38. The molecular formula is C15H13N3O2S. The first kappa shape index (κ1) is 13.5. The minimum absolute atomic E-state index is 0.110. The Morgan fingerprint density at radius 1 is 1.05 bits per heavy atom. The molecule has 106 valence electrons. The smallest absolute Gasteiger partial charge is 0.184 e. The molecule has 0 amide bonds. The molecule has 2 N–H and O–H groups in total. The zero-order valence-electron chi connectivity index (χ0n) is 11.1. The highest BCUT2D eigenvalue weighted by molar-refractivity contribution is 7.90. The lowest BCUT2D eigenvalue weighted by Crippen LogP contribution is -2.08. The van der Waals surface area contributed by atoms with Gasteiger partial charge in [-0.2, -0.15) is 0 Å². The molecule has 0 spiro atoms. The van der Waals surface area contributed by atoms with Crippen LogP contribution < -0.4 is 5.73 Å². The fourth-order valence-corrected chi connectivity index (χ4v) is 3.74. The predicted molar refractivity (Wildman–Crippen MR) is 81.3 cm³/mol. The van der Waals surface area contributed by atoms with Gasteiger partial charge in [-0.15, -0.1) is 0 Å². The van der Waals surface area contributed by atoms with Crippen LogP contribution in [0.3, 0.4) is 0 Å². The molecule has 0 atom stereocenters. The molecule has 3 aromatic rings. The summed E-state index contributed by atoms with van der Waals surface area (Å²) in [6.45, 7) is 0. The Labute approximate surface area is 122 Å². The average molecular weight is 299 g/mol. The van der Waals surface area contributed by atoms with Crippen molar-refractivity contribution in [1.82, 2.24) is 9.97 Å². The molecule has 6 heteroatoms. The monoisotopic (exact) mass is 299 g/mol. The van der Waals surface area contributed by atoms with E-state index < -0.39 is 9.84 Å². The number of aromatic nitrogens is 2. The van der Waals surface area contributed by atoms with Crippen molar-refractivity contribution in [3.8, 4) is 0 Å². The zero-order chi connectivity index (χ0) is 14.9. The molecule has 0 radical (unpaired) electrons. The molecule has 0 aliphatic carbocycles. The van der Waals surface area contributed by atoms with E-state index in [4.69, 9.17) is 5.73 Å². The van der Waals surface area contributed by atoms with Gasteiger partial charge in [0.1, 0.15) is 0 Å². The first-order chi connectivity index (χ1) is 10.1. The SMILES string of the molecule is Nc1cnccc1S(=O)(=O)Cc1ccnc2ccccc12. The van der Waals surface area contributed by atoms with Crippen molar-refractivity contribution in [2.24, 2.45) is 0 Å². The van der Waals surface area contributed by atoms with E-state index in [-0.39, 0.29) is 16.3 Å². The van der Waals surface area contributed by atoms with Crippen molar-refractivity contribution in [2.75, 3.05) is 5.73 Å². The summed E-state index contributed by atoms with van der Waals surface area (Å²) in [5.74, 6) is -0.121. The lowest BCUT2D eigenvalue weighted by Gasteiger charge is -2.09. The molecule has 1 aromatic carbocycles. The van der Waals surface area contributed by atoms with Gasteiger partial charge in [0, 0.05) is 17.8 Å². The van der Waals surface area contributed by atoms with Gasteiger partial charge in [0.05, 0.1) is 28.0 Å². The van der Waals surface area contributed by atoms with Gasteiger partial charge in [-0.3, -0.25) is 9.97 Å². The molecule has 21 heavy (non-hydrogen) atoms. The normalized spacial score (nSPS) is 11.6. The van der Waals surface area contributed by atoms with E-state index in [1.807, 2.05) is 24.3 Å². The number of rotatable bonds is 3. The molecule has 3 rings (SSSR count). The van der Waals surface area contributed by atoms with Crippen LogP contribution >= 0.6 is 0 Å². The Morgan fingerprint density at radius 3 is 2.67 bits per heavy atom. The highest BCUT2D eigenvalue weighted by Gasteiger charge is 2.19. The van der Waals surface area contributed by atoms with Crippen LogP contribution in [0.25, 0.3) is 10.9 Å². The van der Waals surface area contributed by atoms with Crippen LogP contribution in [0.1, 0.15) is 5.56 Å². The van der Waals surface area contributed by atoms with E-state index in [0.29, 0.717) is 5.56 Å². The maximum atomic E-state index is 12.5. The number of pyridine rings is 2. The second-order valence-corrected chi connectivity index (χ2v) is 6.62. The minimum Gasteiger partial charge on any atom is -0.396 e. The number of nitrogen functional groups attached to an aromatic ring is 1. The Hall–Kier alpha value is -2.47. The van der Waals surface area contributed by atoms with Gasteiger partial charge >= 0.3 is 0 Å². The fraction of sp³-hybridized carbons (Fsp3) is 0.0667.